The molecule has 0 fully saturated rings. The Balaban J connectivity index is 1.89. The van der Waals surface area contributed by atoms with Gasteiger partial charge in [-0.05, 0) is 44.1 Å². The molecule has 0 atom stereocenters. The molecule has 0 saturated carbocycles. The van der Waals surface area contributed by atoms with Crippen LogP contribution >= 0.6 is 0 Å². The van der Waals surface area contributed by atoms with E-state index in [1.165, 1.54) is 0 Å². The predicted molar refractivity (Wildman–Crippen MR) is 93.3 cm³/mol. The molecule has 0 aliphatic carbocycles. The Hall–Kier alpha value is -2.33. The summed E-state index contributed by atoms with van der Waals surface area (Å²) in [5.41, 5.74) is 0.254. The van der Waals surface area contributed by atoms with Gasteiger partial charge in [-0.2, -0.15) is 0 Å². The predicted octanol–water partition coefficient (Wildman–Crippen LogP) is 3.71. The van der Waals surface area contributed by atoms with E-state index in [1.54, 1.807) is 12.1 Å². The second-order valence-electron chi connectivity index (χ2n) is 5.52. The van der Waals surface area contributed by atoms with Crippen LogP contribution in [0.25, 0.3) is 21.7 Å². The minimum Gasteiger partial charge on any atom is -0.493 e. The maximum absolute atomic E-state index is 12.0. The van der Waals surface area contributed by atoms with E-state index in [2.05, 4.69) is 12.2 Å². The van der Waals surface area contributed by atoms with Crippen LogP contribution in [0.2, 0.25) is 0 Å². The highest BCUT2D eigenvalue weighted by atomic mass is 16.5. The lowest BCUT2D eigenvalue weighted by atomic mass is 10.1. The fraction of sp³-hybridized carbons (Fsp3) is 0.316. The van der Waals surface area contributed by atoms with Gasteiger partial charge in [0.25, 0.3) is 0 Å². The van der Waals surface area contributed by atoms with Crippen LogP contribution in [0.4, 0.5) is 0 Å². The van der Waals surface area contributed by atoms with E-state index in [0.29, 0.717) is 17.6 Å². The summed E-state index contributed by atoms with van der Waals surface area (Å²) in [6.07, 6.45) is 2.07. The summed E-state index contributed by atoms with van der Waals surface area (Å²) in [6, 6.07) is 13.1. The number of hydrogen-bond acceptors (Lipinski definition) is 4. The van der Waals surface area contributed by atoms with Crippen molar-refractivity contribution in [3.8, 4) is 5.75 Å². The molecule has 3 aromatic rings. The van der Waals surface area contributed by atoms with Crippen LogP contribution in [0.1, 0.15) is 19.8 Å². The molecular weight excluding hydrogens is 290 g/mol. The molecule has 3 rings (SSSR count). The van der Waals surface area contributed by atoms with Crippen LogP contribution in [0.3, 0.4) is 0 Å². The maximum Gasteiger partial charge on any atom is 0.344 e. The highest BCUT2D eigenvalue weighted by Gasteiger charge is 2.11. The van der Waals surface area contributed by atoms with Crippen LogP contribution in [0.15, 0.2) is 51.7 Å². The average molecular weight is 311 g/mol. The molecule has 120 valence electrons. The highest BCUT2D eigenvalue weighted by molar-refractivity contribution is 6.07. The van der Waals surface area contributed by atoms with Crippen molar-refractivity contribution in [1.82, 2.24) is 5.32 Å². The van der Waals surface area contributed by atoms with Crippen molar-refractivity contribution in [1.29, 1.82) is 0 Å². The Kier molecular flexibility index (Phi) is 4.93. The van der Waals surface area contributed by atoms with Gasteiger partial charge < -0.3 is 14.5 Å². The Morgan fingerprint density at radius 1 is 1.04 bits per heavy atom. The van der Waals surface area contributed by atoms with Gasteiger partial charge in [0.1, 0.15) is 11.3 Å². The summed E-state index contributed by atoms with van der Waals surface area (Å²) >= 11 is 0. The van der Waals surface area contributed by atoms with Crippen LogP contribution in [0, 0.1) is 0 Å². The van der Waals surface area contributed by atoms with Crippen molar-refractivity contribution in [2.24, 2.45) is 0 Å². The Morgan fingerprint density at radius 2 is 1.87 bits per heavy atom. The zero-order valence-corrected chi connectivity index (χ0v) is 13.3. The third-order valence-electron chi connectivity index (χ3n) is 3.79. The molecule has 4 nitrogen and oxygen atoms in total. The van der Waals surface area contributed by atoms with Gasteiger partial charge in [-0.25, -0.2) is 4.79 Å². The van der Waals surface area contributed by atoms with E-state index in [4.69, 9.17) is 9.15 Å². The van der Waals surface area contributed by atoms with Crippen molar-refractivity contribution in [2.45, 2.75) is 19.8 Å². The molecule has 1 N–H and O–H groups in total. The van der Waals surface area contributed by atoms with Gasteiger partial charge in [0.2, 0.25) is 0 Å². The van der Waals surface area contributed by atoms with Crippen molar-refractivity contribution >= 4 is 21.7 Å². The van der Waals surface area contributed by atoms with E-state index in [1.807, 2.05) is 30.3 Å². The van der Waals surface area contributed by atoms with E-state index < -0.39 is 0 Å². The molecule has 0 spiro atoms. The first-order valence-corrected chi connectivity index (χ1v) is 8.09. The third-order valence-corrected chi connectivity index (χ3v) is 3.79. The lowest BCUT2D eigenvalue weighted by Crippen LogP contribution is -2.18. The molecule has 4 heteroatoms. The number of benzene rings is 2. The lowest BCUT2D eigenvalue weighted by Gasteiger charge is -2.11. The molecule has 23 heavy (non-hydrogen) atoms. The smallest absolute Gasteiger partial charge is 0.344 e. The fourth-order valence-electron chi connectivity index (χ4n) is 2.70. The zero-order chi connectivity index (χ0) is 16.1. The van der Waals surface area contributed by atoms with Crippen LogP contribution in [0.5, 0.6) is 5.75 Å². The summed E-state index contributed by atoms with van der Waals surface area (Å²) in [7, 11) is 0. The van der Waals surface area contributed by atoms with Gasteiger partial charge in [-0.1, -0.05) is 31.2 Å². The molecular formula is C19H21NO3. The molecule has 0 radical (unpaired) electrons. The second kappa shape index (κ2) is 7.29. The van der Waals surface area contributed by atoms with E-state index in [0.717, 1.165) is 42.5 Å². The molecule has 2 aromatic carbocycles. The van der Waals surface area contributed by atoms with Gasteiger partial charge in [0.15, 0.2) is 0 Å². The quantitative estimate of drug-likeness (QED) is 0.410. The van der Waals surface area contributed by atoms with Gasteiger partial charge in [-0.3, -0.25) is 0 Å². The lowest BCUT2D eigenvalue weighted by molar-refractivity contribution is 0.311. The Labute approximate surface area is 135 Å². The normalized spacial score (nSPS) is 11.2. The molecule has 0 unspecified atom stereocenters. The standard InChI is InChI=1S/C19H21NO3/c1-2-11-20-12-6-13-22-16-9-5-10-17-18(16)14-7-3-4-8-15(14)19(21)23-17/h3-5,7-10,20H,2,6,11-13H2,1H3. The van der Waals surface area contributed by atoms with Crippen LogP contribution < -0.4 is 15.7 Å². The van der Waals surface area contributed by atoms with E-state index >= 15 is 0 Å². The summed E-state index contributed by atoms with van der Waals surface area (Å²) in [4.78, 5) is 12.0. The third kappa shape index (κ3) is 3.37. The van der Waals surface area contributed by atoms with Crippen molar-refractivity contribution in [3.05, 3.63) is 52.9 Å². The van der Waals surface area contributed by atoms with Crippen molar-refractivity contribution < 1.29 is 9.15 Å². The minimum absolute atomic E-state index is 0.311. The van der Waals surface area contributed by atoms with E-state index in [9.17, 15) is 4.79 Å². The average Bonchev–Trinajstić information content (AvgIpc) is 2.58. The molecule has 0 bridgehead atoms. The molecule has 0 aliphatic heterocycles. The first-order valence-electron chi connectivity index (χ1n) is 8.09. The minimum atomic E-state index is -0.311. The fourth-order valence-corrected chi connectivity index (χ4v) is 2.70. The van der Waals surface area contributed by atoms with E-state index in [-0.39, 0.29) is 5.63 Å². The van der Waals surface area contributed by atoms with Crippen molar-refractivity contribution in [3.63, 3.8) is 0 Å². The number of nitrogens with one attached hydrogen (secondary N) is 1. The van der Waals surface area contributed by atoms with Gasteiger partial charge >= 0.3 is 5.63 Å². The molecule has 0 saturated heterocycles. The zero-order valence-electron chi connectivity index (χ0n) is 13.3. The van der Waals surface area contributed by atoms with Crippen molar-refractivity contribution in [2.75, 3.05) is 19.7 Å². The maximum atomic E-state index is 12.0. The van der Waals surface area contributed by atoms with Gasteiger partial charge in [0.05, 0.1) is 17.4 Å². The second-order valence-corrected chi connectivity index (χ2v) is 5.52. The Morgan fingerprint density at radius 3 is 2.70 bits per heavy atom. The summed E-state index contributed by atoms with van der Waals surface area (Å²) in [6.45, 7) is 4.75. The summed E-state index contributed by atoms with van der Waals surface area (Å²) < 4.78 is 11.4. The SMILES string of the molecule is CCCNCCCOc1cccc2oc(=O)c3ccccc3c12. The first-order chi connectivity index (χ1) is 11.3. The highest BCUT2D eigenvalue weighted by Crippen LogP contribution is 2.31. The van der Waals surface area contributed by atoms with Crippen LogP contribution in [-0.4, -0.2) is 19.7 Å². The number of hydrogen-bond donors (Lipinski definition) is 1. The first kappa shape index (κ1) is 15.6. The monoisotopic (exact) mass is 311 g/mol. The van der Waals surface area contributed by atoms with Gasteiger partial charge in [-0.15, -0.1) is 0 Å². The van der Waals surface area contributed by atoms with Gasteiger partial charge in [0, 0.05) is 5.39 Å². The largest absolute Gasteiger partial charge is 0.493 e. The summed E-state index contributed by atoms with van der Waals surface area (Å²) in [5, 5.41) is 5.68. The molecule has 1 aromatic heterocycles. The molecule has 0 aliphatic rings. The molecule has 0 amide bonds. The number of fused-ring (bicyclic) bond motifs is 3. The topological polar surface area (TPSA) is 51.5 Å². The summed E-state index contributed by atoms with van der Waals surface area (Å²) in [5.74, 6) is 0.762. The van der Waals surface area contributed by atoms with Crippen LogP contribution in [-0.2, 0) is 0 Å². The Bertz CT molecular complexity index is 854. The molecule has 1 heterocycles. The number of rotatable bonds is 7. The number of ether oxygens (including phenoxy) is 1.